The van der Waals surface area contributed by atoms with Crippen LogP contribution < -0.4 is 9.62 Å². The second-order valence-corrected chi connectivity index (χ2v) is 8.84. The molecular weight excluding hydrogens is 403 g/mol. The molecule has 0 aliphatic rings. The van der Waals surface area contributed by atoms with Crippen molar-refractivity contribution in [2.24, 2.45) is 0 Å². The fourth-order valence-electron chi connectivity index (χ4n) is 3.33. The fourth-order valence-corrected chi connectivity index (χ4v) is 4.50. The largest absolute Gasteiger partial charge is 0.343 e. The van der Waals surface area contributed by atoms with Gasteiger partial charge in [0.25, 0.3) is 0 Å². The van der Waals surface area contributed by atoms with Crippen molar-refractivity contribution >= 4 is 21.6 Å². The Bertz CT molecular complexity index is 1070. The Morgan fingerprint density at radius 2 is 1.43 bits per heavy atom. The van der Waals surface area contributed by atoms with Crippen LogP contribution in [-0.4, -0.2) is 26.6 Å². The number of nitrogens with zero attached hydrogens (tertiary/aromatic N) is 1. The Kier molecular flexibility index (Phi) is 6.52. The second-order valence-electron chi connectivity index (χ2n) is 6.98. The number of halogens is 1. The zero-order valence-electron chi connectivity index (χ0n) is 16.7. The van der Waals surface area contributed by atoms with Crippen LogP contribution in [0.25, 0.3) is 0 Å². The highest BCUT2D eigenvalue weighted by molar-refractivity contribution is 7.92. The van der Waals surface area contributed by atoms with Gasteiger partial charge >= 0.3 is 0 Å². The molecular formula is C23H23FN2O3S. The fraction of sp³-hybridized carbons (Fsp3) is 0.174. The molecule has 1 amide bonds. The number of hydrogen-bond donors (Lipinski definition) is 1. The average molecular weight is 427 g/mol. The number of rotatable bonds is 7. The number of anilines is 1. The van der Waals surface area contributed by atoms with E-state index in [0.717, 1.165) is 27.8 Å². The van der Waals surface area contributed by atoms with E-state index in [0.29, 0.717) is 0 Å². The third kappa shape index (κ3) is 5.04. The van der Waals surface area contributed by atoms with Crippen LogP contribution in [0.15, 0.2) is 84.9 Å². The minimum Gasteiger partial charge on any atom is -0.343 e. The normalized spacial score (nSPS) is 12.4. The van der Waals surface area contributed by atoms with Crippen LogP contribution in [0.3, 0.4) is 0 Å². The number of carbonyl (C=O) groups is 1. The summed E-state index contributed by atoms with van der Waals surface area (Å²) < 4.78 is 39.5. The van der Waals surface area contributed by atoms with E-state index in [9.17, 15) is 17.6 Å². The number of sulfonamides is 1. The van der Waals surface area contributed by atoms with E-state index in [2.05, 4.69) is 5.32 Å². The molecule has 0 aliphatic carbocycles. The maximum atomic E-state index is 13.7. The van der Waals surface area contributed by atoms with Gasteiger partial charge in [-0.3, -0.25) is 9.10 Å². The van der Waals surface area contributed by atoms with Crippen molar-refractivity contribution in [1.82, 2.24) is 5.32 Å². The SMILES string of the molecule is C[C@H](C(=O)NC(c1ccccc1)c1ccccc1)N(c1cccc(F)c1)S(C)(=O)=O. The van der Waals surface area contributed by atoms with Gasteiger partial charge in [0.15, 0.2) is 0 Å². The average Bonchev–Trinajstić information content (AvgIpc) is 2.72. The van der Waals surface area contributed by atoms with Gasteiger partial charge in [-0.05, 0) is 36.2 Å². The van der Waals surface area contributed by atoms with Gasteiger partial charge in [-0.2, -0.15) is 0 Å². The summed E-state index contributed by atoms with van der Waals surface area (Å²) in [6, 6.07) is 22.4. The molecule has 0 heterocycles. The molecule has 0 saturated carbocycles. The van der Waals surface area contributed by atoms with Crippen LogP contribution in [0, 0.1) is 5.82 Å². The van der Waals surface area contributed by atoms with Gasteiger partial charge < -0.3 is 5.32 Å². The van der Waals surface area contributed by atoms with Crippen molar-refractivity contribution in [1.29, 1.82) is 0 Å². The van der Waals surface area contributed by atoms with Crippen molar-refractivity contribution in [3.63, 3.8) is 0 Å². The predicted molar refractivity (Wildman–Crippen MR) is 116 cm³/mol. The highest BCUT2D eigenvalue weighted by Gasteiger charge is 2.31. The summed E-state index contributed by atoms with van der Waals surface area (Å²) in [6.07, 6.45) is 0.994. The number of carbonyl (C=O) groups excluding carboxylic acids is 1. The van der Waals surface area contributed by atoms with E-state index in [4.69, 9.17) is 0 Å². The molecule has 0 aromatic heterocycles. The first-order chi connectivity index (χ1) is 14.3. The summed E-state index contributed by atoms with van der Waals surface area (Å²) in [5.74, 6) is -1.08. The Balaban J connectivity index is 1.94. The summed E-state index contributed by atoms with van der Waals surface area (Å²) in [6.45, 7) is 1.48. The van der Waals surface area contributed by atoms with E-state index < -0.39 is 33.8 Å². The molecule has 0 bridgehead atoms. The molecule has 3 rings (SSSR count). The lowest BCUT2D eigenvalue weighted by Gasteiger charge is -2.30. The highest BCUT2D eigenvalue weighted by atomic mass is 32.2. The summed E-state index contributed by atoms with van der Waals surface area (Å²) in [5, 5.41) is 2.95. The molecule has 30 heavy (non-hydrogen) atoms. The molecule has 1 N–H and O–H groups in total. The smallest absolute Gasteiger partial charge is 0.244 e. The Morgan fingerprint density at radius 3 is 1.90 bits per heavy atom. The number of hydrogen-bond acceptors (Lipinski definition) is 3. The van der Waals surface area contributed by atoms with Crippen molar-refractivity contribution in [3.05, 3.63) is 102 Å². The summed E-state index contributed by atoms with van der Waals surface area (Å²) in [4.78, 5) is 13.1. The van der Waals surface area contributed by atoms with Gasteiger partial charge in [0.05, 0.1) is 18.0 Å². The highest BCUT2D eigenvalue weighted by Crippen LogP contribution is 2.25. The van der Waals surface area contributed by atoms with Crippen molar-refractivity contribution in [3.8, 4) is 0 Å². The molecule has 5 nitrogen and oxygen atoms in total. The second kappa shape index (κ2) is 9.09. The van der Waals surface area contributed by atoms with Crippen LogP contribution in [0.2, 0.25) is 0 Å². The lowest BCUT2D eigenvalue weighted by Crippen LogP contribution is -2.48. The predicted octanol–water partition coefficient (Wildman–Crippen LogP) is 3.89. The maximum Gasteiger partial charge on any atom is 0.244 e. The third-order valence-corrected chi connectivity index (χ3v) is 5.95. The van der Waals surface area contributed by atoms with Gasteiger partial charge in [0.2, 0.25) is 15.9 Å². The Hall–Kier alpha value is -3.19. The molecule has 156 valence electrons. The van der Waals surface area contributed by atoms with Crippen molar-refractivity contribution in [2.45, 2.75) is 19.0 Å². The Morgan fingerprint density at radius 1 is 0.900 bits per heavy atom. The van der Waals surface area contributed by atoms with Crippen LogP contribution in [-0.2, 0) is 14.8 Å². The monoisotopic (exact) mass is 426 g/mol. The lowest BCUT2D eigenvalue weighted by atomic mass is 9.98. The molecule has 3 aromatic rings. The van der Waals surface area contributed by atoms with Gasteiger partial charge in [0, 0.05) is 0 Å². The first-order valence-electron chi connectivity index (χ1n) is 9.42. The first-order valence-corrected chi connectivity index (χ1v) is 11.3. The summed E-state index contributed by atoms with van der Waals surface area (Å²) in [7, 11) is -3.84. The minimum atomic E-state index is -3.84. The molecule has 1 atom stereocenters. The Labute approximate surface area is 176 Å². The van der Waals surface area contributed by atoms with Gasteiger partial charge in [-0.25, -0.2) is 12.8 Å². The quantitative estimate of drug-likeness (QED) is 0.623. The number of amides is 1. The molecule has 0 radical (unpaired) electrons. The van der Waals surface area contributed by atoms with E-state index in [1.54, 1.807) is 0 Å². The minimum absolute atomic E-state index is 0.0936. The van der Waals surface area contributed by atoms with Crippen LogP contribution >= 0.6 is 0 Å². The zero-order valence-corrected chi connectivity index (χ0v) is 17.5. The van der Waals surface area contributed by atoms with E-state index >= 15 is 0 Å². The topological polar surface area (TPSA) is 66.5 Å². The van der Waals surface area contributed by atoms with Crippen LogP contribution in [0.1, 0.15) is 24.1 Å². The molecule has 0 aliphatic heterocycles. The summed E-state index contributed by atoms with van der Waals surface area (Å²) in [5.41, 5.74) is 1.82. The number of nitrogens with one attached hydrogen (secondary N) is 1. The van der Waals surface area contributed by atoms with Crippen LogP contribution in [0.5, 0.6) is 0 Å². The summed E-state index contributed by atoms with van der Waals surface area (Å²) >= 11 is 0. The van der Waals surface area contributed by atoms with E-state index in [-0.39, 0.29) is 5.69 Å². The third-order valence-electron chi connectivity index (χ3n) is 4.70. The molecule has 0 unspecified atom stereocenters. The first kappa shape index (κ1) is 21.5. The zero-order chi connectivity index (χ0) is 21.7. The van der Waals surface area contributed by atoms with Gasteiger partial charge in [-0.1, -0.05) is 66.7 Å². The molecule has 0 fully saturated rings. The van der Waals surface area contributed by atoms with E-state index in [1.807, 2.05) is 60.7 Å². The van der Waals surface area contributed by atoms with Gasteiger partial charge in [-0.15, -0.1) is 0 Å². The number of benzene rings is 3. The molecule has 0 spiro atoms. The maximum absolute atomic E-state index is 13.7. The van der Waals surface area contributed by atoms with Crippen LogP contribution in [0.4, 0.5) is 10.1 Å². The molecule has 0 saturated heterocycles. The molecule has 7 heteroatoms. The van der Waals surface area contributed by atoms with E-state index in [1.165, 1.54) is 25.1 Å². The van der Waals surface area contributed by atoms with Gasteiger partial charge in [0.1, 0.15) is 11.9 Å². The molecule has 3 aromatic carbocycles. The van der Waals surface area contributed by atoms with Crippen molar-refractivity contribution < 1.29 is 17.6 Å². The lowest BCUT2D eigenvalue weighted by molar-refractivity contribution is -0.122. The van der Waals surface area contributed by atoms with Crippen molar-refractivity contribution in [2.75, 3.05) is 10.6 Å². The standard InChI is InChI=1S/C23H23FN2O3S/c1-17(26(30(2,28)29)21-15-9-14-20(24)16-21)23(27)25-22(18-10-5-3-6-11-18)19-12-7-4-8-13-19/h3-17,22H,1-2H3,(H,25,27)/t17-/m1/s1.